The Hall–Kier alpha value is -2.99. The molecule has 32 heavy (non-hydrogen) atoms. The molecule has 2 aromatic rings. The predicted molar refractivity (Wildman–Crippen MR) is 121 cm³/mol. The number of fused-ring (bicyclic) bond motifs is 1. The Bertz CT molecular complexity index is 1050. The highest BCUT2D eigenvalue weighted by Crippen LogP contribution is 2.35. The average Bonchev–Trinajstić information content (AvgIpc) is 3.11. The van der Waals surface area contributed by atoms with Crippen LogP contribution in [0.15, 0.2) is 48.5 Å². The fraction of sp³-hybridized carbons (Fsp3) is 0.423. The van der Waals surface area contributed by atoms with E-state index < -0.39 is 6.04 Å². The van der Waals surface area contributed by atoms with Crippen LogP contribution in [0.4, 0.5) is 0 Å². The molecule has 3 unspecified atom stereocenters. The van der Waals surface area contributed by atoms with Crippen LogP contribution in [-0.2, 0) is 22.7 Å². The van der Waals surface area contributed by atoms with Gasteiger partial charge in [0.1, 0.15) is 6.04 Å². The number of hydrogen-bond donors (Lipinski definition) is 1. The minimum atomic E-state index is -0.558. The van der Waals surface area contributed by atoms with Gasteiger partial charge in [-0.3, -0.25) is 24.6 Å². The van der Waals surface area contributed by atoms with Gasteiger partial charge in [-0.1, -0.05) is 42.5 Å². The van der Waals surface area contributed by atoms with Gasteiger partial charge in [0.2, 0.25) is 11.8 Å². The topological polar surface area (TPSA) is 69.7 Å². The third kappa shape index (κ3) is 3.95. The van der Waals surface area contributed by atoms with Crippen LogP contribution in [0, 0.1) is 0 Å². The van der Waals surface area contributed by atoms with Crippen molar-refractivity contribution in [2.75, 3.05) is 6.54 Å². The highest BCUT2D eigenvalue weighted by molar-refractivity contribution is 6.05. The van der Waals surface area contributed by atoms with Crippen molar-refractivity contribution in [2.45, 2.75) is 63.7 Å². The Labute approximate surface area is 188 Å². The molecule has 0 aromatic heterocycles. The number of imide groups is 1. The molecule has 3 aliphatic heterocycles. The average molecular weight is 432 g/mol. The molecule has 3 aliphatic rings. The fourth-order valence-corrected chi connectivity index (χ4v) is 5.42. The number of rotatable bonds is 4. The van der Waals surface area contributed by atoms with Crippen LogP contribution >= 0.6 is 0 Å². The SMILES string of the molecule is CC1CC(c2ccc3c(c2)CN(C2CCC(=O)NC2=O)C3=O)CCN1Cc1ccccc1. The van der Waals surface area contributed by atoms with Crippen molar-refractivity contribution in [2.24, 2.45) is 0 Å². The third-order valence-electron chi connectivity index (χ3n) is 7.26. The Morgan fingerprint density at radius 2 is 1.84 bits per heavy atom. The molecule has 3 heterocycles. The van der Waals surface area contributed by atoms with Gasteiger partial charge in [-0.15, -0.1) is 0 Å². The lowest BCUT2D eigenvalue weighted by atomic mass is 9.84. The number of piperidine rings is 2. The zero-order valence-electron chi connectivity index (χ0n) is 18.4. The van der Waals surface area contributed by atoms with Gasteiger partial charge in [0.25, 0.3) is 5.91 Å². The number of benzene rings is 2. The van der Waals surface area contributed by atoms with Crippen molar-refractivity contribution in [3.8, 4) is 0 Å². The summed E-state index contributed by atoms with van der Waals surface area (Å²) in [6.45, 7) is 4.78. The van der Waals surface area contributed by atoms with Crippen LogP contribution in [0.5, 0.6) is 0 Å². The normalized spacial score (nSPS) is 26.2. The van der Waals surface area contributed by atoms with Crippen molar-refractivity contribution in [3.05, 3.63) is 70.8 Å². The molecular weight excluding hydrogens is 402 g/mol. The van der Waals surface area contributed by atoms with Crippen molar-refractivity contribution < 1.29 is 14.4 Å². The maximum absolute atomic E-state index is 12.9. The summed E-state index contributed by atoms with van der Waals surface area (Å²) in [4.78, 5) is 40.8. The second-order valence-electron chi connectivity index (χ2n) is 9.34. The molecule has 0 bridgehead atoms. The van der Waals surface area contributed by atoms with E-state index in [1.54, 1.807) is 4.90 Å². The van der Waals surface area contributed by atoms with Gasteiger partial charge in [-0.25, -0.2) is 0 Å². The first-order chi connectivity index (χ1) is 15.5. The maximum atomic E-state index is 12.9. The van der Waals surface area contributed by atoms with Gasteiger partial charge in [-0.2, -0.15) is 0 Å². The molecule has 2 aromatic carbocycles. The Balaban J connectivity index is 1.26. The quantitative estimate of drug-likeness (QED) is 0.755. The molecule has 0 saturated carbocycles. The van der Waals surface area contributed by atoms with Crippen LogP contribution in [0.1, 0.15) is 65.6 Å². The van der Waals surface area contributed by atoms with Crippen LogP contribution < -0.4 is 5.32 Å². The van der Waals surface area contributed by atoms with Crippen LogP contribution in [-0.4, -0.2) is 46.1 Å². The van der Waals surface area contributed by atoms with Gasteiger partial charge in [0, 0.05) is 31.1 Å². The summed E-state index contributed by atoms with van der Waals surface area (Å²) < 4.78 is 0. The molecule has 2 saturated heterocycles. The van der Waals surface area contributed by atoms with E-state index in [0.717, 1.165) is 31.5 Å². The predicted octanol–water partition coefficient (Wildman–Crippen LogP) is 3.22. The summed E-state index contributed by atoms with van der Waals surface area (Å²) >= 11 is 0. The second kappa shape index (κ2) is 8.51. The van der Waals surface area contributed by atoms with E-state index in [2.05, 4.69) is 59.6 Å². The number of hydrogen-bond acceptors (Lipinski definition) is 4. The Morgan fingerprint density at radius 3 is 2.59 bits per heavy atom. The summed E-state index contributed by atoms with van der Waals surface area (Å²) in [6.07, 6.45) is 2.87. The van der Waals surface area contributed by atoms with Gasteiger partial charge in [-0.05, 0) is 61.4 Å². The molecular formula is C26H29N3O3. The molecule has 6 heteroatoms. The second-order valence-corrected chi connectivity index (χ2v) is 9.34. The van der Waals surface area contributed by atoms with Crippen LogP contribution in [0.2, 0.25) is 0 Å². The zero-order chi connectivity index (χ0) is 22.2. The summed E-state index contributed by atoms with van der Waals surface area (Å²) in [7, 11) is 0. The number of likely N-dealkylation sites (tertiary alicyclic amines) is 1. The Morgan fingerprint density at radius 1 is 1.03 bits per heavy atom. The zero-order valence-corrected chi connectivity index (χ0v) is 18.4. The molecule has 0 radical (unpaired) electrons. The number of nitrogens with zero attached hydrogens (tertiary/aromatic N) is 2. The molecule has 6 nitrogen and oxygen atoms in total. The molecule has 3 atom stereocenters. The largest absolute Gasteiger partial charge is 0.322 e. The molecule has 1 N–H and O–H groups in total. The lowest BCUT2D eigenvalue weighted by molar-refractivity contribution is -0.136. The van der Waals surface area contributed by atoms with Crippen LogP contribution in [0.3, 0.4) is 0 Å². The summed E-state index contributed by atoms with van der Waals surface area (Å²) in [5, 5.41) is 2.37. The van der Waals surface area contributed by atoms with E-state index in [1.807, 2.05) is 6.07 Å². The molecule has 166 valence electrons. The van der Waals surface area contributed by atoms with Crippen molar-refractivity contribution >= 4 is 17.7 Å². The number of amides is 3. The van der Waals surface area contributed by atoms with E-state index >= 15 is 0 Å². The minimum Gasteiger partial charge on any atom is -0.322 e. The minimum absolute atomic E-state index is 0.105. The van der Waals surface area contributed by atoms with E-state index in [1.165, 1.54) is 11.1 Å². The number of nitrogens with one attached hydrogen (secondary N) is 1. The maximum Gasteiger partial charge on any atom is 0.255 e. The standard InChI is InChI=1S/C26H29N3O3/c1-17-13-20(11-12-28(17)15-18-5-3-2-4-6-18)19-7-8-22-21(14-19)16-29(26(22)32)23-9-10-24(30)27-25(23)31/h2-8,14,17,20,23H,9-13,15-16H2,1H3,(H,27,30,31). The van der Waals surface area contributed by atoms with Crippen molar-refractivity contribution in [1.82, 2.24) is 15.1 Å². The highest BCUT2D eigenvalue weighted by atomic mass is 16.2. The third-order valence-corrected chi connectivity index (χ3v) is 7.26. The van der Waals surface area contributed by atoms with Crippen LogP contribution in [0.25, 0.3) is 0 Å². The summed E-state index contributed by atoms with van der Waals surface area (Å²) in [5.74, 6) is -0.248. The summed E-state index contributed by atoms with van der Waals surface area (Å²) in [5.41, 5.74) is 4.32. The van der Waals surface area contributed by atoms with Gasteiger partial charge < -0.3 is 4.90 Å². The first-order valence-corrected chi connectivity index (χ1v) is 11.5. The fourth-order valence-electron chi connectivity index (χ4n) is 5.42. The lowest BCUT2D eigenvalue weighted by Crippen LogP contribution is -2.52. The molecule has 0 spiro atoms. The Kier molecular flexibility index (Phi) is 5.55. The molecule has 2 fully saturated rings. The number of carbonyl (C=O) groups excluding carboxylic acids is 3. The highest BCUT2D eigenvalue weighted by Gasteiger charge is 2.39. The van der Waals surface area contributed by atoms with Gasteiger partial charge in [0.15, 0.2) is 0 Å². The first-order valence-electron chi connectivity index (χ1n) is 11.5. The summed E-state index contributed by atoms with van der Waals surface area (Å²) in [6, 6.07) is 16.7. The molecule has 5 rings (SSSR count). The van der Waals surface area contributed by atoms with Gasteiger partial charge >= 0.3 is 0 Å². The van der Waals surface area contributed by atoms with E-state index in [4.69, 9.17) is 0 Å². The molecule has 3 amide bonds. The van der Waals surface area contributed by atoms with Crippen molar-refractivity contribution in [1.29, 1.82) is 0 Å². The van der Waals surface area contributed by atoms with E-state index in [9.17, 15) is 14.4 Å². The first kappa shape index (κ1) is 20.9. The monoisotopic (exact) mass is 431 g/mol. The smallest absolute Gasteiger partial charge is 0.255 e. The van der Waals surface area contributed by atoms with Gasteiger partial charge in [0.05, 0.1) is 0 Å². The lowest BCUT2D eigenvalue weighted by Gasteiger charge is -2.38. The van der Waals surface area contributed by atoms with Crippen molar-refractivity contribution in [3.63, 3.8) is 0 Å². The number of carbonyl (C=O) groups is 3. The van der Waals surface area contributed by atoms with E-state index in [-0.39, 0.29) is 24.1 Å². The van der Waals surface area contributed by atoms with E-state index in [0.29, 0.717) is 30.5 Å². The molecule has 0 aliphatic carbocycles.